The van der Waals surface area contributed by atoms with Gasteiger partial charge in [0.1, 0.15) is 11.5 Å². The van der Waals surface area contributed by atoms with Gasteiger partial charge in [0.2, 0.25) is 0 Å². The van der Waals surface area contributed by atoms with E-state index >= 15 is 0 Å². The number of halogens is 2. The van der Waals surface area contributed by atoms with Crippen LogP contribution in [-0.4, -0.2) is 47.0 Å². The van der Waals surface area contributed by atoms with Crippen molar-refractivity contribution in [2.75, 3.05) is 0 Å². The van der Waals surface area contributed by atoms with Crippen molar-refractivity contribution in [1.82, 2.24) is 40.8 Å². The van der Waals surface area contributed by atoms with Gasteiger partial charge in [-0.05, 0) is 22.6 Å². The SMILES string of the molecule is Fc1cccc(-c2nc3c([nH]2)C=NN(Cc2cc(-c4ccc(-c5nnn[nH]5)cc4)no2)C3)c1F. The van der Waals surface area contributed by atoms with Crippen molar-refractivity contribution in [3.05, 3.63) is 77.3 Å². The van der Waals surface area contributed by atoms with E-state index in [1.807, 2.05) is 30.3 Å². The number of tetrazole rings is 1. The Balaban J connectivity index is 1.16. The Morgan fingerprint density at radius 1 is 1.03 bits per heavy atom. The smallest absolute Gasteiger partial charge is 0.179 e. The van der Waals surface area contributed by atoms with Crippen LogP contribution in [0.4, 0.5) is 8.78 Å². The van der Waals surface area contributed by atoms with Crippen molar-refractivity contribution in [3.63, 3.8) is 0 Å². The highest BCUT2D eigenvalue weighted by molar-refractivity contribution is 5.80. The monoisotopic (exact) mass is 459 g/mol. The standard InChI is InChI=1S/C22H15F2N9O/c23-16-3-1-2-15(20(16)24)22-26-18-9-25-33(11-19(18)27-22)10-14-8-17(30-34-14)12-4-6-13(7-5-12)21-28-31-32-29-21/h1-9H,10-11H2,(H,26,27)(H,28,29,31,32). The number of rotatable bonds is 5. The molecule has 3 aromatic heterocycles. The fraction of sp³-hybridized carbons (Fsp3) is 0.0909. The lowest BCUT2D eigenvalue weighted by molar-refractivity contribution is 0.229. The minimum Gasteiger partial charge on any atom is -0.359 e. The van der Waals surface area contributed by atoms with Gasteiger partial charge < -0.3 is 9.51 Å². The van der Waals surface area contributed by atoms with E-state index in [1.165, 1.54) is 12.1 Å². The molecule has 0 unspecified atom stereocenters. The van der Waals surface area contributed by atoms with Gasteiger partial charge in [-0.3, -0.25) is 5.01 Å². The molecule has 5 aromatic rings. The quantitative estimate of drug-likeness (QED) is 0.412. The molecule has 6 rings (SSSR count). The minimum atomic E-state index is -0.942. The second kappa shape index (κ2) is 7.99. The van der Waals surface area contributed by atoms with Crippen LogP contribution in [0.1, 0.15) is 17.1 Å². The number of aromatic amines is 2. The number of imidazole rings is 1. The first-order valence-electron chi connectivity index (χ1n) is 10.3. The molecule has 0 spiro atoms. The normalized spacial score (nSPS) is 12.8. The molecule has 0 fully saturated rings. The number of hydrogen-bond donors (Lipinski definition) is 2. The third-order valence-electron chi connectivity index (χ3n) is 5.40. The van der Waals surface area contributed by atoms with Gasteiger partial charge in [-0.15, -0.1) is 5.10 Å². The van der Waals surface area contributed by atoms with E-state index in [0.717, 1.165) is 17.2 Å². The molecular weight excluding hydrogens is 444 g/mol. The van der Waals surface area contributed by atoms with Crippen LogP contribution in [0.2, 0.25) is 0 Å². The van der Waals surface area contributed by atoms with Crippen molar-refractivity contribution in [3.8, 4) is 34.0 Å². The Morgan fingerprint density at radius 3 is 2.71 bits per heavy atom. The highest BCUT2D eigenvalue weighted by atomic mass is 19.2. The second-order valence-corrected chi connectivity index (χ2v) is 7.62. The second-order valence-electron chi connectivity index (χ2n) is 7.62. The predicted octanol–water partition coefficient (Wildman–Crippen LogP) is 3.54. The van der Waals surface area contributed by atoms with Gasteiger partial charge in [0, 0.05) is 17.2 Å². The van der Waals surface area contributed by atoms with E-state index in [9.17, 15) is 8.78 Å². The Bertz CT molecular complexity index is 1490. The van der Waals surface area contributed by atoms with E-state index in [-0.39, 0.29) is 11.4 Å². The van der Waals surface area contributed by atoms with Crippen molar-refractivity contribution < 1.29 is 13.3 Å². The van der Waals surface area contributed by atoms with Crippen molar-refractivity contribution in [1.29, 1.82) is 0 Å². The van der Waals surface area contributed by atoms with Crippen LogP contribution in [-0.2, 0) is 13.1 Å². The van der Waals surface area contributed by atoms with Gasteiger partial charge in [0.25, 0.3) is 0 Å². The number of nitrogens with zero attached hydrogens (tertiary/aromatic N) is 7. The molecule has 0 aliphatic carbocycles. The fourth-order valence-corrected chi connectivity index (χ4v) is 3.70. The third kappa shape index (κ3) is 3.60. The van der Waals surface area contributed by atoms with Gasteiger partial charge in [0.05, 0.1) is 36.3 Å². The molecule has 0 radical (unpaired) electrons. The molecule has 12 heteroatoms. The zero-order valence-corrected chi connectivity index (χ0v) is 17.4. The average molecular weight is 459 g/mol. The Kier molecular flexibility index (Phi) is 4.68. The van der Waals surface area contributed by atoms with Crippen molar-refractivity contribution in [2.24, 2.45) is 5.10 Å². The highest BCUT2D eigenvalue weighted by Crippen LogP contribution is 2.26. The lowest BCUT2D eigenvalue weighted by Crippen LogP contribution is -2.21. The summed E-state index contributed by atoms with van der Waals surface area (Å²) in [7, 11) is 0. The molecule has 34 heavy (non-hydrogen) atoms. The molecule has 4 heterocycles. The van der Waals surface area contributed by atoms with Gasteiger partial charge in [-0.2, -0.15) is 5.10 Å². The first-order chi connectivity index (χ1) is 16.6. The third-order valence-corrected chi connectivity index (χ3v) is 5.40. The summed E-state index contributed by atoms with van der Waals surface area (Å²) in [4.78, 5) is 7.44. The first-order valence-corrected chi connectivity index (χ1v) is 10.3. The lowest BCUT2D eigenvalue weighted by atomic mass is 10.1. The Hall–Kier alpha value is -4.74. The van der Waals surface area contributed by atoms with Gasteiger partial charge >= 0.3 is 0 Å². The van der Waals surface area contributed by atoms with Crippen LogP contribution >= 0.6 is 0 Å². The maximum atomic E-state index is 14.1. The van der Waals surface area contributed by atoms with Crippen LogP contribution in [0, 0.1) is 11.6 Å². The zero-order chi connectivity index (χ0) is 23.1. The number of nitrogens with one attached hydrogen (secondary N) is 2. The first kappa shape index (κ1) is 19.9. The lowest BCUT2D eigenvalue weighted by Gasteiger charge is -2.19. The van der Waals surface area contributed by atoms with Crippen LogP contribution in [0.15, 0.2) is 58.2 Å². The molecular formula is C22H15F2N9O. The largest absolute Gasteiger partial charge is 0.359 e. The molecule has 0 atom stereocenters. The Labute approximate surface area is 190 Å². The van der Waals surface area contributed by atoms with E-state index in [4.69, 9.17) is 4.52 Å². The number of benzene rings is 2. The predicted molar refractivity (Wildman–Crippen MR) is 116 cm³/mol. The summed E-state index contributed by atoms with van der Waals surface area (Å²) >= 11 is 0. The fourth-order valence-electron chi connectivity index (χ4n) is 3.70. The summed E-state index contributed by atoms with van der Waals surface area (Å²) in [6.45, 7) is 0.733. The molecule has 2 aromatic carbocycles. The van der Waals surface area contributed by atoms with Gasteiger partial charge in [0.15, 0.2) is 23.2 Å². The molecule has 0 saturated carbocycles. The Morgan fingerprint density at radius 2 is 1.88 bits per heavy atom. The van der Waals surface area contributed by atoms with E-state index in [2.05, 4.69) is 40.9 Å². The number of hydrogen-bond acceptors (Lipinski definition) is 8. The van der Waals surface area contributed by atoms with Gasteiger partial charge in [-0.25, -0.2) is 18.9 Å². The summed E-state index contributed by atoms with van der Waals surface area (Å²) in [6, 6.07) is 13.4. The summed E-state index contributed by atoms with van der Waals surface area (Å²) in [5.41, 5.74) is 3.81. The number of hydrazone groups is 1. The van der Waals surface area contributed by atoms with E-state index < -0.39 is 11.6 Å². The highest BCUT2D eigenvalue weighted by Gasteiger charge is 2.21. The van der Waals surface area contributed by atoms with Crippen LogP contribution < -0.4 is 0 Å². The average Bonchev–Trinajstić information content (AvgIpc) is 3.62. The van der Waals surface area contributed by atoms with E-state index in [1.54, 1.807) is 11.2 Å². The van der Waals surface area contributed by atoms with Gasteiger partial charge in [-0.1, -0.05) is 35.5 Å². The maximum Gasteiger partial charge on any atom is 0.179 e. The van der Waals surface area contributed by atoms with Crippen LogP contribution in [0.3, 0.4) is 0 Å². The molecule has 0 amide bonds. The topological polar surface area (TPSA) is 125 Å². The molecule has 168 valence electrons. The maximum absolute atomic E-state index is 14.1. The zero-order valence-electron chi connectivity index (χ0n) is 17.4. The number of fused-ring (bicyclic) bond motifs is 1. The van der Waals surface area contributed by atoms with Crippen molar-refractivity contribution in [2.45, 2.75) is 13.1 Å². The number of H-pyrrole nitrogens is 2. The summed E-state index contributed by atoms with van der Waals surface area (Å²) in [6.07, 6.45) is 1.60. The molecule has 0 bridgehead atoms. The summed E-state index contributed by atoms with van der Waals surface area (Å²) in [5.74, 6) is -0.417. The molecule has 1 aliphatic rings. The van der Waals surface area contributed by atoms with Crippen LogP contribution in [0.5, 0.6) is 0 Å². The minimum absolute atomic E-state index is 0.0693. The molecule has 10 nitrogen and oxygen atoms in total. The molecule has 0 saturated heterocycles. The number of aromatic nitrogens is 7. The van der Waals surface area contributed by atoms with E-state index in [0.29, 0.717) is 41.8 Å². The summed E-state index contributed by atoms with van der Waals surface area (Å²) < 4.78 is 33.2. The molecule has 1 aliphatic heterocycles. The van der Waals surface area contributed by atoms with Crippen LogP contribution in [0.25, 0.3) is 34.0 Å². The molecule has 2 N–H and O–H groups in total. The summed E-state index contributed by atoms with van der Waals surface area (Å²) in [5, 5.41) is 24.0. The van der Waals surface area contributed by atoms with Crippen molar-refractivity contribution >= 4 is 6.21 Å².